The van der Waals surface area contributed by atoms with Crippen LogP contribution in [0.1, 0.15) is 32.1 Å². The van der Waals surface area contributed by atoms with Gasteiger partial charge in [-0.25, -0.2) is 0 Å². The van der Waals surface area contributed by atoms with Crippen molar-refractivity contribution in [2.75, 3.05) is 47.4 Å². The smallest absolute Gasteiger partial charge is 0.109 e. The second-order valence-corrected chi connectivity index (χ2v) is 7.40. The van der Waals surface area contributed by atoms with E-state index in [2.05, 4.69) is 15.1 Å². The molecule has 0 bridgehead atoms. The van der Waals surface area contributed by atoms with Gasteiger partial charge >= 0.3 is 0 Å². The normalized spacial score (nSPS) is 33.0. The lowest BCUT2D eigenvalue weighted by Crippen LogP contribution is -2.51. The Bertz CT molecular complexity index is 337. The average Bonchev–Trinajstić information content (AvgIpc) is 2.87. The van der Waals surface area contributed by atoms with E-state index in [1.54, 1.807) is 0 Å². The number of aliphatic hydroxyl groups is 2. The lowest BCUT2D eigenvalue weighted by Gasteiger charge is -2.32. The quantitative estimate of drug-likeness (QED) is 0.577. The van der Waals surface area contributed by atoms with E-state index in [9.17, 15) is 10.2 Å². The molecule has 0 aromatic carbocycles. The molecule has 23 heavy (non-hydrogen) atoms. The molecule has 136 valence electrons. The van der Waals surface area contributed by atoms with E-state index in [1.807, 2.05) is 21.1 Å². The topological polar surface area (TPSA) is 68.2 Å². The highest BCUT2D eigenvalue weighted by Crippen LogP contribution is 2.25. The Morgan fingerprint density at radius 2 is 1.74 bits per heavy atom. The largest absolute Gasteiger partial charge is 0.394 e. The highest BCUT2D eigenvalue weighted by atomic mass is 16.5. The Labute approximate surface area is 140 Å². The van der Waals surface area contributed by atoms with Crippen molar-refractivity contribution in [1.82, 2.24) is 15.1 Å². The van der Waals surface area contributed by atoms with Gasteiger partial charge in [-0.15, -0.1) is 0 Å². The molecule has 4 unspecified atom stereocenters. The molecule has 6 heteroatoms. The molecule has 4 atom stereocenters. The Hall–Kier alpha value is -0.240. The zero-order chi connectivity index (χ0) is 16.8. The van der Waals surface area contributed by atoms with Crippen molar-refractivity contribution in [3.63, 3.8) is 0 Å². The maximum absolute atomic E-state index is 10.5. The van der Waals surface area contributed by atoms with Gasteiger partial charge in [0, 0.05) is 25.7 Å². The molecule has 2 aliphatic rings. The summed E-state index contributed by atoms with van der Waals surface area (Å²) in [5, 5.41) is 23.6. The lowest BCUT2D eigenvalue weighted by molar-refractivity contribution is -0.0220. The fraction of sp³-hybridized carbons (Fsp3) is 1.00. The number of hydrogen-bond donors (Lipinski definition) is 3. The lowest BCUT2D eigenvalue weighted by atomic mass is 9.95. The Morgan fingerprint density at radius 3 is 2.35 bits per heavy atom. The van der Waals surface area contributed by atoms with Crippen LogP contribution in [0.5, 0.6) is 0 Å². The van der Waals surface area contributed by atoms with E-state index in [0.29, 0.717) is 6.04 Å². The van der Waals surface area contributed by atoms with Crippen molar-refractivity contribution in [2.24, 2.45) is 0 Å². The monoisotopic (exact) mass is 329 g/mol. The van der Waals surface area contributed by atoms with Crippen molar-refractivity contribution in [3.8, 4) is 0 Å². The van der Waals surface area contributed by atoms with Crippen LogP contribution in [0.25, 0.3) is 0 Å². The summed E-state index contributed by atoms with van der Waals surface area (Å²) >= 11 is 0. The molecule has 3 N–H and O–H groups in total. The minimum Gasteiger partial charge on any atom is -0.394 e. The van der Waals surface area contributed by atoms with Gasteiger partial charge < -0.3 is 25.2 Å². The second-order valence-electron chi connectivity index (χ2n) is 7.40. The Morgan fingerprint density at radius 1 is 1.04 bits per heavy atom. The number of aliphatic hydroxyl groups excluding tert-OH is 2. The summed E-state index contributed by atoms with van der Waals surface area (Å²) in [4.78, 5) is 4.31. The third-order valence-electron chi connectivity index (χ3n) is 5.26. The summed E-state index contributed by atoms with van der Waals surface area (Å²) in [7, 11) is 6.14. The van der Waals surface area contributed by atoms with Gasteiger partial charge in [-0.2, -0.15) is 0 Å². The van der Waals surface area contributed by atoms with Gasteiger partial charge in [-0.05, 0) is 34.0 Å². The summed E-state index contributed by atoms with van der Waals surface area (Å²) in [6, 6.07) is 0.508. The predicted molar refractivity (Wildman–Crippen MR) is 91.6 cm³/mol. The first kappa shape index (κ1) is 19.1. The number of likely N-dealkylation sites (N-methyl/N-ethyl adjacent to an activating group) is 2. The van der Waals surface area contributed by atoms with E-state index in [4.69, 9.17) is 4.74 Å². The molecule has 0 aromatic heterocycles. The summed E-state index contributed by atoms with van der Waals surface area (Å²) in [5.41, 5.74) is 0. The zero-order valence-electron chi connectivity index (χ0n) is 14.9. The van der Waals surface area contributed by atoms with Crippen molar-refractivity contribution < 1.29 is 14.9 Å². The van der Waals surface area contributed by atoms with Gasteiger partial charge in [0.05, 0.1) is 18.8 Å². The van der Waals surface area contributed by atoms with E-state index in [-0.39, 0.29) is 18.8 Å². The molecule has 1 aliphatic heterocycles. The molecule has 2 fully saturated rings. The van der Waals surface area contributed by atoms with Crippen LogP contribution in [-0.4, -0.2) is 97.8 Å². The Balaban J connectivity index is 1.90. The molecule has 2 rings (SSSR count). The minimum atomic E-state index is -0.634. The van der Waals surface area contributed by atoms with Crippen LogP contribution in [0.2, 0.25) is 0 Å². The summed E-state index contributed by atoms with van der Waals surface area (Å²) in [6.07, 6.45) is 5.24. The summed E-state index contributed by atoms with van der Waals surface area (Å²) < 4.78 is 5.94. The number of nitrogens with one attached hydrogen (secondary N) is 1. The molecule has 6 nitrogen and oxygen atoms in total. The number of hydrogen-bond acceptors (Lipinski definition) is 6. The van der Waals surface area contributed by atoms with Crippen LogP contribution in [0, 0.1) is 0 Å². The molecule has 0 amide bonds. The molecule has 1 aliphatic carbocycles. The fourth-order valence-corrected chi connectivity index (χ4v) is 3.79. The van der Waals surface area contributed by atoms with Crippen molar-refractivity contribution in [3.05, 3.63) is 0 Å². The Kier molecular flexibility index (Phi) is 7.72. The van der Waals surface area contributed by atoms with E-state index >= 15 is 0 Å². The molecule has 0 aromatic rings. The number of nitrogens with zero attached hydrogens (tertiary/aromatic N) is 2. The van der Waals surface area contributed by atoms with E-state index < -0.39 is 12.2 Å². The van der Waals surface area contributed by atoms with Crippen LogP contribution in [0.3, 0.4) is 0 Å². The van der Waals surface area contributed by atoms with Crippen LogP contribution in [0.15, 0.2) is 0 Å². The van der Waals surface area contributed by atoms with Crippen LogP contribution in [0.4, 0.5) is 0 Å². The standard InChI is InChI=1S/C17H35N3O3/c1-19(2)9-10-20(3)16-14(23-15(12-21)17(16)22)11-18-13-7-5-4-6-8-13/h13-18,21-22H,4-12H2,1-3H3. The van der Waals surface area contributed by atoms with Crippen LogP contribution in [-0.2, 0) is 4.74 Å². The summed E-state index contributed by atoms with van der Waals surface area (Å²) in [5.74, 6) is 0. The van der Waals surface area contributed by atoms with Crippen molar-refractivity contribution in [1.29, 1.82) is 0 Å². The third-order valence-corrected chi connectivity index (χ3v) is 5.26. The molecule has 1 heterocycles. The molecular formula is C17H35N3O3. The van der Waals surface area contributed by atoms with Gasteiger partial charge in [0.2, 0.25) is 0 Å². The highest BCUT2D eigenvalue weighted by Gasteiger charge is 2.45. The van der Waals surface area contributed by atoms with E-state index in [0.717, 1.165) is 19.6 Å². The maximum atomic E-state index is 10.5. The molecular weight excluding hydrogens is 294 g/mol. The van der Waals surface area contributed by atoms with Crippen molar-refractivity contribution >= 4 is 0 Å². The third kappa shape index (κ3) is 5.37. The van der Waals surface area contributed by atoms with Gasteiger partial charge in [-0.3, -0.25) is 4.90 Å². The van der Waals surface area contributed by atoms with Gasteiger partial charge in [0.25, 0.3) is 0 Å². The average molecular weight is 329 g/mol. The van der Waals surface area contributed by atoms with Gasteiger partial charge in [0.15, 0.2) is 0 Å². The number of ether oxygens (including phenoxy) is 1. The predicted octanol–water partition coefficient (Wildman–Crippen LogP) is -0.109. The molecule has 0 radical (unpaired) electrons. The van der Waals surface area contributed by atoms with Crippen LogP contribution >= 0.6 is 0 Å². The zero-order valence-corrected chi connectivity index (χ0v) is 14.9. The fourth-order valence-electron chi connectivity index (χ4n) is 3.79. The first-order chi connectivity index (χ1) is 11.0. The van der Waals surface area contributed by atoms with E-state index in [1.165, 1.54) is 32.1 Å². The minimum absolute atomic E-state index is 0.0665. The van der Waals surface area contributed by atoms with Gasteiger partial charge in [-0.1, -0.05) is 19.3 Å². The van der Waals surface area contributed by atoms with Gasteiger partial charge in [0.1, 0.15) is 12.2 Å². The number of rotatable bonds is 8. The first-order valence-corrected chi connectivity index (χ1v) is 9.05. The highest BCUT2D eigenvalue weighted by molar-refractivity contribution is 4.97. The molecule has 1 saturated carbocycles. The molecule has 1 saturated heterocycles. The second kappa shape index (κ2) is 9.30. The molecule has 0 spiro atoms. The maximum Gasteiger partial charge on any atom is 0.109 e. The first-order valence-electron chi connectivity index (χ1n) is 9.05. The van der Waals surface area contributed by atoms with Crippen molar-refractivity contribution in [2.45, 2.75) is 62.5 Å². The SMILES string of the molecule is CN(C)CCN(C)C1C(CNC2CCCCC2)OC(CO)C1O. The summed E-state index contributed by atoms with van der Waals surface area (Å²) in [6.45, 7) is 2.43. The van der Waals surface area contributed by atoms with Crippen LogP contribution < -0.4 is 5.32 Å².